The van der Waals surface area contributed by atoms with Gasteiger partial charge in [-0.2, -0.15) is 0 Å². The number of anilines is 2. The Balaban J connectivity index is 1.53. The Labute approximate surface area is 215 Å². The maximum atomic E-state index is 13.2. The van der Waals surface area contributed by atoms with Crippen molar-refractivity contribution >= 4 is 29.2 Å². The lowest BCUT2D eigenvalue weighted by atomic mass is 10.00. The molecule has 0 aromatic heterocycles. The van der Waals surface area contributed by atoms with Gasteiger partial charge in [0.05, 0.1) is 12.7 Å². The SMILES string of the molecule is COC(=O)c1ccc(C(=O)NC(Cc2ccc(-c3ccccc3)cc2)C(=O)Nc2ccc(N)cc2)cc1. The van der Waals surface area contributed by atoms with E-state index in [2.05, 4.69) is 10.6 Å². The molecule has 0 aliphatic heterocycles. The summed E-state index contributed by atoms with van der Waals surface area (Å²) < 4.78 is 4.70. The number of nitrogens with one attached hydrogen (secondary N) is 2. The summed E-state index contributed by atoms with van der Waals surface area (Å²) in [6, 6.07) is 29.8. The smallest absolute Gasteiger partial charge is 0.337 e. The van der Waals surface area contributed by atoms with E-state index in [1.54, 1.807) is 24.3 Å². The number of amides is 2. The van der Waals surface area contributed by atoms with Gasteiger partial charge in [-0.05, 0) is 65.2 Å². The number of hydrogen-bond donors (Lipinski definition) is 3. The summed E-state index contributed by atoms with van der Waals surface area (Å²) in [6.07, 6.45) is 0.280. The second kappa shape index (κ2) is 11.7. The molecule has 4 aromatic carbocycles. The second-order valence-corrected chi connectivity index (χ2v) is 8.47. The first-order chi connectivity index (χ1) is 17.9. The molecule has 7 heteroatoms. The monoisotopic (exact) mass is 493 g/mol. The van der Waals surface area contributed by atoms with E-state index in [1.165, 1.54) is 31.4 Å². The first-order valence-electron chi connectivity index (χ1n) is 11.7. The van der Waals surface area contributed by atoms with E-state index in [0.29, 0.717) is 22.5 Å². The van der Waals surface area contributed by atoms with E-state index in [9.17, 15) is 14.4 Å². The number of methoxy groups -OCH3 is 1. The van der Waals surface area contributed by atoms with Crippen molar-refractivity contribution < 1.29 is 19.1 Å². The van der Waals surface area contributed by atoms with Gasteiger partial charge in [-0.15, -0.1) is 0 Å². The molecular formula is C30H27N3O4. The van der Waals surface area contributed by atoms with Gasteiger partial charge in [-0.3, -0.25) is 9.59 Å². The standard InChI is InChI=1S/C30H27N3O4/c1-37-30(36)24-13-11-23(12-14-24)28(34)33-27(29(35)32-26-17-15-25(31)16-18-26)19-20-7-9-22(10-8-20)21-5-3-2-4-6-21/h2-18,27H,19,31H2,1H3,(H,32,35)(H,33,34). The van der Waals surface area contributed by atoms with Crippen LogP contribution in [0.1, 0.15) is 26.3 Å². The molecule has 7 nitrogen and oxygen atoms in total. The van der Waals surface area contributed by atoms with Crippen LogP contribution in [0.3, 0.4) is 0 Å². The number of ether oxygens (including phenoxy) is 1. The molecular weight excluding hydrogens is 466 g/mol. The van der Waals surface area contributed by atoms with E-state index >= 15 is 0 Å². The molecule has 2 amide bonds. The van der Waals surface area contributed by atoms with Crippen LogP contribution in [0, 0.1) is 0 Å². The number of nitrogen functional groups attached to an aromatic ring is 1. The maximum Gasteiger partial charge on any atom is 0.337 e. The third-order valence-corrected chi connectivity index (χ3v) is 5.87. The predicted molar refractivity (Wildman–Crippen MR) is 144 cm³/mol. The largest absolute Gasteiger partial charge is 0.465 e. The van der Waals surface area contributed by atoms with E-state index in [-0.39, 0.29) is 12.3 Å². The van der Waals surface area contributed by atoms with Crippen LogP contribution in [0.4, 0.5) is 11.4 Å². The minimum absolute atomic E-state index is 0.280. The number of esters is 1. The molecule has 0 heterocycles. The van der Waals surface area contributed by atoms with Gasteiger partial charge in [0.25, 0.3) is 5.91 Å². The fourth-order valence-corrected chi connectivity index (χ4v) is 3.82. The van der Waals surface area contributed by atoms with Crippen molar-refractivity contribution in [3.63, 3.8) is 0 Å². The summed E-state index contributed by atoms with van der Waals surface area (Å²) in [4.78, 5) is 37.9. The normalized spacial score (nSPS) is 11.3. The quantitative estimate of drug-likeness (QED) is 0.243. The van der Waals surface area contributed by atoms with Crippen LogP contribution in [0.25, 0.3) is 11.1 Å². The summed E-state index contributed by atoms with van der Waals surface area (Å²) in [7, 11) is 1.29. The Hall–Kier alpha value is -4.91. The summed E-state index contributed by atoms with van der Waals surface area (Å²) >= 11 is 0. The average Bonchev–Trinajstić information content (AvgIpc) is 2.94. The molecule has 4 rings (SSSR count). The minimum atomic E-state index is -0.854. The fraction of sp³-hybridized carbons (Fsp3) is 0.100. The van der Waals surface area contributed by atoms with E-state index in [0.717, 1.165) is 16.7 Å². The lowest BCUT2D eigenvalue weighted by Gasteiger charge is -2.19. The van der Waals surface area contributed by atoms with Gasteiger partial charge in [0.1, 0.15) is 6.04 Å². The zero-order chi connectivity index (χ0) is 26.2. The van der Waals surface area contributed by atoms with E-state index in [4.69, 9.17) is 10.5 Å². The Kier molecular flexibility index (Phi) is 7.95. The number of carbonyl (C=O) groups excluding carboxylic acids is 3. The van der Waals surface area contributed by atoms with Gasteiger partial charge in [0, 0.05) is 23.4 Å². The van der Waals surface area contributed by atoms with Crippen LogP contribution < -0.4 is 16.4 Å². The molecule has 4 N–H and O–H groups in total. The summed E-state index contributed by atoms with van der Waals surface area (Å²) in [6.45, 7) is 0. The Bertz CT molecular complexity index is 1370. The molecule has 0 radical (unpaired) electrons. The molecule has 1 unspecified atom stereocenters. The van der Waals surface area contributed by atoms with E-state index < -0.39 is 17.9 Å². The molecule has 1 atom stereocenters. The van der Waals surface area contributed by atoms with Crippen molar-refractivity contribution in [3.8, 4) is 11.1 Å². The van der Waals surface area contributed by atoms with Crippen molar-refractivity contribution in [3.05, 3.63) is 120 Å². The van der Waals surface area contributed by atoms with Gasteiger partial charge in [0.2, 0.25) is 5.91 Å². The predicted octanol–water partition coefficient (Wildman–Crippen LogP) is 4.70. The first-order valence-corrected chi connectivity index (χ1v) is 11.7. The number of rotatable bonds is 8. The highest BCUT2D eigenvalue weighted by atomic mass is 16.5. The van der Waals surface area contributed by atoms with Crippen molar-refractivity contribution in [2.75, 3.05) is 18.2 Å². The molecule has 0 saturated heterocycles. The zero-order valence-electron chi connectivity index (χ0n) is 20.3. The Morgan fingerprint density at radius 2 is 1.35 bits per heavy atom. The Morgan fingerprint density at radius 3 is 1.97 bits per heavy atom. The van der Waals surface area contributed by atoms with Crippen LogP contribution >= 0.6 is 0 Å². The average molecular weight is 494 g/mol. The molecule has 0 spiro atoms. The second-order valence-electron chi connectivity index (χ2n) is 8.47. The Morgan fingerprint density at radius 1 is 0.757 bits per heavy atom. The number of hydrogen-bond acceptors (Lipinski definition) is 5. The van der Waals surface area contributed by atoms with Crippen LogP contribution in [0.2, 0.25) is 0 Å². The minimum Gasteiger partial charge on any atom is -0.465 e. The van der Waals surface area contributed by atoms with Gasteiger partial charge in [-0.1, -0.05) is 54.6 Å². The molecule has 37 heavy (non-hydrogen) atoms. The topological polar surface area (TPSA) is 111 Å². The lowest BCUT2D eigenvalue weighted by Crippen LogP contribution is -2.45. The highest BCUT2D eigenvalue weighted by molar-refractivity contribution is 6.02. The lowest BCUT2D eigenvalue weighted by molar-refractivity contribution is -0.118. The van der Waals surface area contributed by atoms with Crippen LogP contribution in [-0.2, 0) is 16.0 Å². The van der Waals surface area contributed by atoms with Gasteiger partial charge in [-0.25, -0.2) is 4.79 Å². The summed E-state index contributed by atoms with van der Waals surface area (Å²) in [5.74, 6) is -1.29. The van der Waals surface area contributed by atoms with E-state index in [1.807, 2.05) is 54.6 Å². The van der Waals surface area contributed by atoms with Crippen LogP contribution in [-0.4, -0.2) is 30.9 Å². The summed E-state index contributed by atoms with van der Waals surface area (Å²) in [5.41, 5.74) is 10.6. The van der Waals surface area contributed by atoms with Crippen LogP contribution in [0.5, 0.6) is 0 Å². The number of carbonyl (C=O) groups is 3. The third-order valence-electron chi connectivity index (χ3n) is 5.87. The molecule has 4 aromatic rings. The van der Waals surface area contributed by atoms with Crippen molar-refractivity contribution in [1.82, 2.24) is 5.32 Å². The molecule has 0 fully saturated rings. The molecule has 0 bridgehead atoms. The van der Waals surface area contributed by atoms with Crippen molar-refractivity contribution in [1.29, 1.82) is 0 Å². The maximum absolute atomic E-state index is 13.2. The first kappa shape index (κ1) is 25.2. The molecule has 0 aliphatic carbocycles. The van der Waals surface area contributed by atoms with Crippen molar-refractivity contribution in [2.45, 2.75) is 12.5 Å². The number of benzene rings is 4. The highest BCUT2D eigenvalue weighted by Gasteiger charge is 2.22. The van der Waals surface area contributed by atoms with Gasteiger partial charge in [0.15, 0.2) is 0 Å². The molecule has 0 aliphatic rings. The zero-order valence-corrected chi connectivity index (χ0v) is 20.3. The molecule has 0 saturated carbocycles. The van der Waals surface area contributed by atoms with Gasteiger partial charge < -0.3 is 21.1 Å². The molecule has 186 valence electrons. The van der Waals surface area contributed by atoms with Crippen LogP contribution in [0.15, 0.2) is 103 Å². The summed E-state index contributed by atoms with van der Waals surface area (Å²) in [5, 5.41) is 5.68. The third kappa shape index (κ3) is 6.61. The van der Waals surface area contributed by atoms with Crippen molar-refractivity contribution in [2.24, 2.45) is 0 Å². The van der Waals surface area contributed by atoms with Gasteiger partial charge >= 0.3 is 5.97 Å². The highest BCUT2D eigenvalue weighted by Crippen LogP contribution is 2.20. The fourth-order valence-electron chi connectivity index (χ4n) is 3.82. The number of nitrogens with two attached hydrogens (primary N) is 1.